The topological polar surface area (TPSA) is 29.4 Å². The minimum absolute atomic E-state index is 0.884. The molecule has 10 heavy (non-hydrogen) atoms. The summed E-state index contributed by atoms with van der Waals surface area (Å²) in [5.41, 5.74) is 0.884. The quantitative estimate of drug-likeness (QED) is 0.558. The number of rotatable bonds is 0. The van der Waals surface area contributed by atoms with E-state index in [0.717, 1.165) is 10.6 Å². The third kappa shape index (κ3) is 0.609. The fourth-order valence-corrected chi connectivity index (χ4v) is 2.38. The van der Waals surface area contributed by atoms with Crippen molar-refractivity contribution in [3.8, 4) is 0 Å². The first-order valence-corrected chi connectivity index (χ1v) is 4.94. The molecule has 1 aromatic carbocycles. The van der Waals surface area contributed by atoms with Crippen molar-refractivity contribution in [2.45, 2.75) is 4.90 Å². The van der Waals surface area contributed by atoms with E-state index in [-0.39, 0.29) is 0 Å². The van der Waals surface area contributed by atoms with Gasteiger partial charge in [0.1, 0.15) is 0 Å². The highest BCUT2D eigenvalue weighted by molar-refractivity contribution is 7.94. The molecule has 0 radical (unpaired) electrons. The lowest BCUT2D eigenvalue weighted by Gasteiger charge is -2.15. The summed E-state index contributed by atoms with van der Waals surface area (Å²) >= 11 is 0. The maximum Gasteiger partial charge on any atom is 0.0903 e. The highest BCUT2D eigenvalue weighted by atomic mass is 32.2. The maximum absolute atomic E-state index is 11.3. The summed E-state index contributed by atoms with van der Waals surface area (Å²) in [5, 5.41) is 0. The highest BCUT2D eigenvalue weighted by Gasteiger charge is 2.19. The van der Waals surface area contributed by atoms with E-state index < -0.39 is 9.73 Å². The molecule has 1 aliphatic heterocycles. The van der Waals surface area contributed by atoms with Gasteiger partial charge in [0.05, 0.1) is 20.3 Å². The third-order valence-corrected chi connectivity index (χ3v) is 3.25. The smallest absolute Gasteiger partial charge is 0.0903 e. The number of hydrogen-bond acceptors (Lipinski definition) is 2. The molecule has 52 valence electrons. The van der Waals surface area contributed by atoms with Crippen LogP contribution in [0.15, 0.2) is 33.5 Å². The zero-order valence-electron chi connectivity index (χ0n) is 5.57. The van der Waals surface area contributed by atoms with Crippen molar-refractivity contribution in [3.05, 3.63) is 24.3 Å². The van der Waals surface area contributed by atoms with Crippen LogP contribution in [0.5, 0.6) is 0 Å². The summed E-state index contributed by atoms with van der Waals surface area (Å²) < 4.78 is 15.2. The molecule has 3 heteroatoms. The van der Waals surface area contributed by atoms with Gasteiger partial charge in [-0.05, 0) is 12.1 Å². The molecule has 0 amide bonds. The van der Waals surface area contributed by atoms with Gasteiger partial charge >= 0.3 is 0 Å². The number of fused-ring (bicyclic) bond motifs is 1. The van der Waals surface area contributed by atoms with Gasteiger partial charge in [0, 0.05) is 6.26 Å². The van der Waals surface area contributed by atoms with E-state index in [1.54, 1.807) is 6.26 Å². The summed E-state index contributed by atoms with van der Waals surface area (Å²) in [7, 11) is -1.97. The predicted octanol–water partition coefficient (Wildman–Crippen LogP) is 1.79. The lowest BCUT2D eigenvalue weighted by Crippen LogP contribution is -2.04. The molecule has 0 aromatic heterocycles. The van der Waals surface area contributed by atoms with Gasteiger partial charge in [-0.25, -0.2) is 4.21 Å². The van der Waals surface area contributed by atoms with Crippen molar-refractivity contribution in [3.63, 3.8) is 0 Å². The molecule has 1 heterocycles. The Labute approximate surface area is 60.1 Å². The predicted molar refractivity (Wildman–Crippen MR) is 40.9 cm³/mol. The minimum atomic E-state index is -1.97. The zero-order chi connectivity index (χ0) is 7.19. The molecule has 1 aliphatic rings. The van der Waals surface area contributed by atoms with Crippen LogP contribution in [0.1, 0.15) is 0 Å². The van der Waals surface area contributed by atoms with Crippen molar-refractivity contribution in [1.29, 1.82) is 0 Å². The van der Waals surface area contributed by atoms with E-state index in [1.807, 2.05) is 24.3 Å². The van der Waals surface area contributed by atoms with Crippen molar-refractivity contribution in [2.24, 2.45) is 4.36 Å². The first-order chi connectivity index (χ1) is 4.70. The lowest BCUT2D eigenvalue weighted by molar-refractivity contribution is 0.677. The molecular formula is C7H7NOS. The summed E-state index contributed by atoms with van der Waals surface area (Å²) in [5.74, 6) is 0. The molecule has 0 spiro atoms. The fourth-order valence-electron chi connectivity index (χ4n) is 1.05. The maximum atomic E-state index is 11.3. The normalized spacial score (nSPS) is 28.1. The van der Waals surface area contributed by atoms with Crippen LogP contribution in [-0.4, -0.2) is 10.5 Å². The standard InChI is InChI=1S/C7H7NOS/c1-10(9)7-5-3-2-4-6(7)8-10/h2-5H,1H3. The molecular weight excluding hydrogens is 146 g/mol. The van der Waals surface area contributed by atoms with Crippen LogP contribution in [-0.2, 0) is 9.73 Å². The van der Waals surface area contributed by atoms with Gasteiger partial charge < -0.3 is 0 Å². The highest BCUT2D eigenvalue weighted by Crippen LogP contribution is 2.35. The molecule has 1 aromatic rings. The third-order valence-electron chi connectivity index (χ3n) is 1.55. The van der Waals surface area contributed by atoms with Crippen molar-refractivity contribution in [1.82, 2.24) is 0 Å². The van der Waals surface area contributed by atoms with Crippen LogP contribution in [0.4, 0.5) is 5.69 Å². The van der Waals surface area contributed by atoms with Gasteiger partial charge in [-0.15, -0.1) is 0 Å². The fraction of sp³-hybridized carbons (Fsp3) is 0.143. The molecule has 0 bridgehead atoms. The summed E-state index contributed by atoms with van der Waals surface area (Å²) in [6.07, 6.45) is 1.66. The van der Waals surface area contributed by atoms with Crippen molar-refractivity contribution < 1.29 is 4.21 Å². The Bertz CT molecular complexity index is 388. The molecule has 0 aliphatic carbocycles. The Morgan fingerprint density at radius 3 is 2.60 bits per heavy atom. The van der Waals surface area contributed by atoms with Crippen LogP contribution in [0, 0.1) is 0 Å². The second-order valence-corrected chi connectivity index (χ2v) is 4.59. The Kier molecular flexibility index (Phi) is 0.951. The number of hydrogen-bond donors (Lipinski definition) is 0. The SMILES string of the molecule is CS1(=O)=Nc2ccccc21. The largest absolute Gasteiger partial charge is 0.245 e. The first-order valence-electron chi connectivity index (χ1n) is 3.01. The van der Waals surface area contributed by atoms with E-state index >= 15 is 0 Å². The van der Waals surface area contributed by atoms with Crippen molar-refractivity contribution in [2.75, 3.05) is 6.26 Å². The molecule has 2 nitrogen and oxygen atoms in total. The second kappa shape index (κ2) is 1.61. The van der Waals surface area contributed by atoms with Gasteiger partial charge in [-0.2, -0.15) is 4.36 Å². The average molecular weight is 153 g/mol. The molecule has 1 atom stereocenters. The number of nitrogens with zero attached hydrogens (tertiary/aromatic N) is 1. The molecule has 2 rings (SSSR count). The summed E-state index contributed by atoms with van der Waals surface area (Å²) in [6, 6.07) is 7.53. The second-order valence-electron chi connectivity index (χ2n) is 2.36. The van der Waals surface area contributed by atoms with E-state index in [1.165, 1.54) is 0 Å². The first kappa shape index (κ1) is 5.92. The average Bonchev–Trinajstić information content (AvgIpc) is 1.86. The van der Waals surface area contributed by atoms with E-state index in [9.17, 15) is 4.21 Å². The van der Waals surface area contributed by atoms with Gasteiger partial charge in [-0.3, -0.25) is 0 Å². The molecule has 0 fully saturated rings. The van der Waals surface area contributed by atoms with E-state index in [4.69, 9.17) is 0 Å². The van der Waals surface area contributed by atoms with Gasteiger partial charge in [0.15, 0.2) is 0 Å². The molecule has 0 N–H and O–H groups in total. The van der Waals surface area contributed by atoms with E-state index in [2.05, 4.69) is 4.36 Å². The Balaban J connectivity index is 2.75. The van der Waals surface area contributed by atoms with Crippen LogP contribution >= 0.6 is 0 Å². The lowest BCUT2D eigenvalue weighted by atomic mass is 10.3. The van der Waals surface area contributed by atoms with Gasteiger partial charge in [0.25, 0.3) is 0 Å². The molecule has 0 saturated carbocycles. The van der Waals surface area contributed by atoms with E-state index in [0.29, 0.717) is 0 Å². The van der Waals surface area contributed by atoms with Crippen LogP contribution in [0.3, 0.4) is 0 Å². The summed E-state index contributed by atoms with van der Waals surface area (Å²) in [6.45, 7) is 0. The Hall–Kier alpha value is -0.830. The van der Waals surface area contributed by atoms with Crippen LogP contribution in [0.2, 0.25) is 0 Å². The van der Waals surface area contributed by atoms with Gasteiger partial charge in [0.2, 0.25) is 0 Å². The Morgan fingerprint density at radius 2 is 2.10 bits per heavy atom. The van der Waals surface area contributed by atoms with Crippen LogP contribution < -0.4 is 0 Å². The Morgan fingerprint density at radius 1 is 1.40 bits per heavy atom. The zero-order valence-corrected chi connectivity index (χ0v) is 6.39. The molecule has 0 saturated heterocycles. The summed E-state index contributed by atoms with van der Waals surface area (Å²) in [4.78, 5) is 0.898. The van der Waals surface area contributed by atoms with Crippen molar-refractivity contribution >= 4 is 15.4 Å². The monoisotopic (exact) mass is 153 g/mol. The molecule has 1 unspecified atom stereocenters. The van der Waals surface area contributed by atoms with Crippen LogP contribution in [0.25, 0.3) is 0 Å². The van der Waals surface area contributed by atoms with Gasteiger partial charge in [-0.1, -0.05) is 12.1 Å². The number of benzene rings is 1. The minimum Gasteiger partial charge on any atom is -0.245 e.